The highest BCUT2D eigenvalue weighted by molar-refractivity contribution is 5.67. The zero-order chi connectivity index (χ0) is 13.0. The first-order chi connectivity index (χ1) is 8.72. The van der Waals surface area contributed by atoms with E-state index in [2.05, 4.69) is 27.2 Å². The number of aryl methyl sites for hydroxylation is 1. The van der Waals surface area contributed by atoms with E-state index in [-0.39, 0.29) is 0 Å². The number of hydrogen-bond donors (Lipinski definition) is 1. The zero-order valence-corrected chi connectivity index (χ0v) is 11.1. The largest absolute Gasteiger partial charge is 0.376 e. The Morgan fingerprint density at radius 3 is 2.83 bits per heavy atom. The van der Waals surface area contributed by atoms with Crippen molar-refractivity contribution in [2.45, 2.75) is 20.0 Å². The van der Waals surface area contributed by atoms with Crippen molar-refractivity contribution in [2.75, 3.05) is 24.3 Å². The normalized spacial score (nSPS) is 10.4. The summed E-state index contributed by atoms with van der Waals surface area (Å²) in [5.41, 5.74) is 3.34. The quantitative estimate of drug-likeness (QED) is 0.875. The first-order valence-electron chi connectivity index (χ1n) is 6.08. The van der Waals surface area contributed by atoms with Crippen LogP contribution < -0.4 is 10.2 Å². The average molecular weight is 245 g/mol. The molecule has 0 aliphatic heterocycles. The number of aromatic nitrogens is 3. The molecule has 5 heteroatoms. The molecule has 0 bridgehead atoms. The third-order valence-corrected chi connectivity index (χ3v) is 2.84. The Morgan fingerprint density at radius 1 is 1.28 bits per heavy atom. The van der Waals surface area contributed by atoms with Crippen LogP contribution in [0.5, 0.6) is 0 Å². The molecule has 0 aromatic carbocycles. The van der Waals surface area contributed by atoms with E-state index in [1.165, 1.54) is 5.69 Å². The van der Waals surface area contributed by atoms with Crippen LogP contribution >= 0.6 is 0 Å². The van der Waals surface area contributed by atoms with E-state index in [4.69, 9.17) is 0 Å². The fraction of sp³-hybridized carbons (Fsp3) is 0.385. The van der Waals surface area contributed by atoms with Crippen LogP contribution in [0.15, 0.2) is 30.7 Å². The predicted molar refractivity (Wildman–Crippen MR) is 73.8 cm³/mol. The van der Waals surface area contributed by atoms with Crippen LogP contribution in [-0.2, 0) is 13.1 Å². The van der Waals surface area contributed by atoms with E-state index in [0.29, 0.717) is 0 Å². The van der Waals surface area contributed by atoms with E-state index >= 15 is 0 Å². The minimum absolute atomic E-state index is 0.750. The topological polar surface area (TPSA) is 46.0 Å². The lowest BCUT2D eigenvalue weighted by Crippen LogP contribution is -2.13. The van der Waals surface area contributed by atoms with E-state index in [1.807, 2.05) is 43.3 Å². The second-order valence-electron chi connectivity index (χ2n) is 4.28. The summed E-state index contributed by atoms with van der Waals surface area (Å²) in [5, 5.41) is 7.66. The van der Waals surface area contributed by atoms with Gasteiger partial charge in [0.05, 0.1) is 29.8 Å². The molecule has 2 rings (SSSR count). The molecule has 0 spiro atoms. The maximum atomic E-state index is 4.26. The van der Waals surface area contributed by atoms with Crippen molar-refractivity contribution >= 4 is 11.4 Å². The first-order valence-corrected chi connectivity index (χ1v) is 6.08. The lowest BCUT2D eigenvalue weighted by Gasteiger charge is -2.18. The predicted octanol–water partition coefficient (Wildman–Crippen LogP) is 1.98. The van der Waals surface area contributed by atoms with Gasteiger partial charge in [-0.25, -0.2) is 0 Å². The minimum Gasteiger partial charge on any atom is -0.376 e. The number of nitrogens with zero attached hydrogens (tertiary/aromatic N) is 4. The Kier molecular flexibility index (Phi) is 3.82. The van der Waals surface area contributed by atoms with Gasteiger partial charge in [-0.05, 0) is 19.1 Å². The van der Waals surface area contributed by atoms with Gasteiger partial charge < -0.3 is 10.2 Å². The van der Waals surface area contributed by atoms with Crippen LogP contribution in [0.2, 0.25) is 0 Å². The molecule has 1 N–H and O–H groups in total. The van der Waals surface area contributed by atoms with Gasteiger partial charge in [0.2, 0.25) is 0 Å². The van der Waals surface area contributed by atoms with Crippen molar-refractivity contribution in [3.63, 3.8) is 0 Å². The minimum atomic E-state index is 0.750. The molecule has 0 aliphatic carbocycles. The van der Waals surface area contributed by atoms with E-state index in [9.17, 15) is 0 Å². The molecule has 0 saturated heterocycles. The Bertz CT molecular complexity index is 504. The van der Waals surface area contributed by atoms with Crippen molar-refractivity contribution < 1.29 is 0 Å². The molecule has 0 radical (unpaired) electrons. The Balaban J connectivity index is 2.11. The van der Waals surface area contributed by atoms with Gasteiger partial charge in [-0.15, -0.1) is 0 Å². The molecule has 0 fully saturated rings. The van der Waals surface area contributed by atoms with Gasteiger partial charge in [-0.3, -0.25) is 9.67 Å². The summed E-state index contributed by atoms with van der Waals surface area (Å²) in [6.45, 7) is 3.73. The first kappa shape index (κ1) is 12.4. The number of nitrogens with one attached hydrogen (secondary N) is 1. The lowest BCUT2D eigenvalue weighted by atomic mass is 10.3. The lowest BCUT2D eigenvalue weighted by molar-refractivity contribution is 0.627. The smallest absolute Gasteiger partial charge is 0.0767 e. The highest BCUT2D eigenvalue weighted by Crippen LogP contribution is 2.22. The third kappa shape index (κ3) is 2.61. The van der Waals surface area contributed by atoms with Crippen LogP contribution in [0, 0.1) is 0 Å². The number of pyridine rings is 1. The second kappa shape index (κ2) is 5.53. The molecule has 2 aromatic heterocycles. The highest BCUT2D eigenvalue weighted by atomic mass is 15.3. The standard InChI is InChI=1S/C13H19N5/c1-4-18-11(5-8-16-18)9-15-12-10-14-7-6-13(12)17(2)3/h5-8,10,15H,4,9H2,1-3H3. The van der Waals surface area contributed by atoms with Gasteiger partial charge in [0.15, 0.2) is 0 Å². The van der Waals surface area contributed by atoms with Gasteiger partial charge in [-0.2, -0.15) is 5.10 Å². The molecule has 0 amide bonds. The van der Waals surface area contributed by atoms with E-state index in [1.54, 1.807) is 6.20 Å². The maximum absolute atomic E-state index is 4.26. The molecule has 0 unspecified atom stereocenters. The Hall–Kier alpha value is -2.04. The van der Waals surface area contributed by atoms with Crippen molar-refractivity contribution in [3.05, 3.63) is 36.4 Å². The highest BCUT2D eigenvalue weighted by Gasteiger charge is 2.05. The molecular weight excluding hydrogens is 226 g/mol. The van der Waals surface area contributed by atoms with Gasteiger partial charge in [0.1, 0.15) is 0 Å². The molecule has 0 atom stereocenters. The van der Waals surface area contributed by atoms with E-state index < -0.39 is 0 Å². The molecule has 0 aliphatic rings. The van der Waals surface area contributed by atoms with Crippen LogP contribution in [0.4, 0.5) is 11.4 Å². The van der Waals surface area contributed by atoms with Crippen molar-refractivity contribution in [2.24, 2.45) is 0 Å². The fourth-order valence-corrected chi connectivity index (χ4v) is 1.89. The molecule has 5 nitrogen and oxygen atoms in total. The molecule has 2 aromatic rings. The summed E-state index contributed by atoms with van der Waals surface area (Å²) in [6.07, 6.45) is 5.48. The monoisotopic (exact) mass is 245 g/mol. The van der Waals surface area contributed by atoms with Gasteiger partial charge in [-0.1, -0.05) is 0 Å². The molecule has 0 saturated carbocycles. The summed E-state index contributed by atoms with van der Waals surface area (Å²) in [4.78, 5) is 6.23. The molecule has 96 valence electrons. The van der Waals surface area contributed by atoms with Crippen molar-refractivity contribution in [1.82, 2.24) is 14.8 Å². The summed E-state index contributed by atoms with van der Waals surface area (Å²) >= 11 is 0. The van der Waals surface area contributed by atoms with Crippen molar-refractivity contribution in [3.8, 4) is 0 Å². The van der Waals surface area contributed by atoms with Crippen LogP contribution in [-0.4, -0.2) is 28.9 Å². The molecular formula is C13H19N5. The van der Waals surface area contributed by atoms with E-state index in [0.717, 1.165) is 24.5 Å². The van der Waals surface area contributed by atoms with Gasteiger partial charge in [0, 0.05) is 33.0 Å². The number of hydrogen-bond acceptors (Lipinski definition) is 4. The second-order valence-corrected chi connectivity index (χ2v) is 4.28. The maximum Gasteiger partial charge on any atom is 0.0767 e. The van der Waals surface area contributed by atoms with Crippen molar-refractivity contribution in [1.29, 1.82) is 0 Å². The Morgan fingerprint density at radius 2 is 2.11 bits per heavy atom. The van der Waals surface area contributed by atoms with Crippen LogP contribution in [0.1, 0.15) is 12.6 Å². The van der Waals surface area contributed by atoms with Gasteiger partial charge >= 0.3 is 0 Å². The molecule has 2 heterocycles. The average Bonchev–Trinajstić information content (AvgIpc) is 2.84. The fourth-order valence-electron chi connectivity index (χ4n) is 1.89. The molecule has 18 heavy (non-hydrogen) atoms. The summed E-state index contributed by atoms with van der Waals surface area (Å²) in [7, 11) is 4.05. The number of anilines is 2. The van der Waals surface area contributed by atoms with Crippen LogP contribution in [0.3, 0.4) is 0 Å². The van der Waals surface area contributed by atoms with Gasteiger partial charge in [0.25, 0.3) is 0 Å². The Labute approximate surface area is 107 Å². The summed E-state index contributed by atoms with van der Waals surface area (Å²) in [6, 6.07) is 4.03. The zero-order valence-electron chi connectivity index (χ0n) is 11.1. The van der Waals surface area contributed by atoms with Crippen LogP contribution in [0.25, 0.3) is 0 Å². The summed E-state index contributed by atoms with van der Waals surface area (Å²) in [5.74, 6) is 0. The SMILES string of the molecule is CCn1nccc1CNc1cnccc1N(C)C. The third-order valence-electron chi connectivity index (χ3n) is 2.84. The summed E-state index contributed by atoms with van der Waals surface area (Å²) < 4.78 is 1.98. The number of rotatable bonds is 5.